The van der Waals surface area contributed by atoms with Gasteiger partial charge in [0.2, 0.25) is 0 Å². The van der Waals surface area contributed by atoms with Crippen LogP contribution in [0.5, 0.6) is 0 Å². The minimum atomic E-state index is -1.13. The number of ketones is 1. The summed E-state index contributed by atoms with van der Waals surface area (Å²) in [6.45, 7) is 2.74. The molecule has 0 aliphatic heterocycles. The first-order valence-corrected chi connectivity index (χ1v) is 7.79. The fraction of sp³-hybridized carbons (Fsp3) is 0.875. The molecule has 0 aliphatic rings. The minimum Gasteiger partial charge on any atom is -0.550 e. The van der Waals surface area contributed by atoms with Crippen molar-refractivity contribution in [3.05, 3.63) is 0 Å². The average molecular weight is 285 g/mol. The third kappa shape index (κ3) is 11.0. The van der Waals surface area contributed by atoms with E-state index in [0.29, 0.717) is 17.4 Å². The lowest BCUT2D eigenvalue weighted by Gasteiger charge is -2.28. The molecule has 118 valence electrons. The Morgan fingerprint density at radius 1 is 1.00 bits per heavy atom. The standard InChI is InChI=1S/C16H31NO3/c1-5-6-7-8-9-10-11-15(18)14(12-16(19)20)13-17(2,3)4/h14H,5-13H2,1-4H3. The Labute approximate surface area is 123 Å². The van der Waals surface area contributed by atoms with Crippen LogP contribution >= 0.6 is 0 Å². The summed E-state index contributed by atoms with van der Waals surface area (Å²) in [6, 6.07) is 0. The molecule has 1 atom stereocenters. The number of aliphatic carboxylic acids is 1. The Kier molecular flexibility index (Phi) is 9.47. The number of nitrogens with zero attached hydrogens (tertiary/aromatic N) is 1. The van der Waals surface area contributed by atoms with Crippen molar-refractivity contribution in [3.8, 4) is 0 Å². The van der Waals surface area contributed by atoms with Crippen LogP contribution in [-0.4, -0.2) is 43.9 Å². The summed E-state index contributed by atoms with van der Waals surface area (Å²) >= 11 is 0. The zero-order chi connectivity index (χ0) is 15.6. The van der Waals surface area contributed by atoms with Gasteiger partial charge in [0.25, 0.3) is 0 Å². The lowest BCUT2D eigenvalue weighted by atomic mass is 9.94. The Balaban J connectivity index is 4.11. The summed E-state index contributed by atoms with van der Waals surface area (Å²) in [5.41, 5.74) is 0. The van der Waals surface area contributed by atoms with Crippen LogP contribution < -0.4 is 5.11 Å². The highest BCUT2D eigenvalue weighted by atomic mass is 16.4. The van der Waals surface area contributed by atoms with Crippen molar-refractivity contribution in [1.29, 1.82) is 0 Å². The molecule has 0 heterocycles. The second kappa shape index (κ2) is 9.92. The third-order valence-corrected chi connectivity index (χ3v) is 3.41. The Morgan fingerprint density at radius 3 is 2.05 bits per heavy atom. The highest BCUT2D eigenvalue weighted by Crippen LogP contribution is 2.15. The Bertz CT molecular complexity index is 295. The molecule has 0 rings (SSSR count). The minimum absolute atomic E-state index is 0.0812. The maximum atomic E-state index is 12.1. The fourth-order valence-corrected chi connectivity index (χ4v) is 2.43. The van der Waals surface area contributed by atoms with Crippen molar-refractivity contribution < 1.29 is 19.2 Å². The van der Waals surface area contributed by atoms with Crippen molar-refractivity contribution in [1.82, 2.24) is 0 Å². The van der Waals surface area contributed by atoms with E-state index in [9.17, 15) is 14.7 Å². The van der Waals surface area contributed by atoms with Gasteiger partial charge in [0.15, 0.2) is 0 Å². The first kappa shape index (κ1) is 19.1. The van der Waals surface area contributed by atoms with Gasteiger partial charge in [0, 0.05) is 18.8 Å². The second-order valence-corrected chi connectivity index (χ2v) is 6.73. The predicted molar refractivity (Wildman–Crippen MR) is 79.0 cm³/mol. The van der Waals surface area contributed by atoms with Gasteiger partial charge in [-0.3, -0.25) is 4.79 Å². The summed E-state index contributed by atoms with van der Waals surface area (Å²) in [4.78, 5) is 22.9. The number of carboxylic acid groups (broad SMARTS) is 1. The molecule has 0 amide bonds. The molecule has 0 N–H and O–H groups in total. The van der Waals surface area contributed by atoms with Gasteiger partial charge < -0.3 is 14.4 Å². The van der Waals surface area contributed by atoms with Crippen LogP contribution in [0.25, 0.3) is 0 Å². The Hall–Kier alpha value is -0.900. The average Bonchev–Trinajstić information content (AvgIpc) is 2.30. The highest BCUT2D eigenvalue weighted by molar-refractivity contribution is 5.84. The molecule has 0 radical (unpaired) electrons. The highest BCUT2D eigenvalue weighted by Gasteiger charge is 2.24. The molecule has 0 spiro atoms. The molecule has 0 aromatic carbocycles. The molecule has 0 aromatic rings. The topological polar surface area (TPSA) is 57.2 Å². The number of rotatable bonds is 12. The van der Waals surface area contributed by atoms with Crippen LogP contribution in [0.3, 0.4) is 0 Å². The van der Waals surface area contributed by atoms with Gasteiger partial charge in [-0.25, -0.2) is 0 Å². The zero-order valence-corrected chi connectivity index (χ0v) is 13.6. The number of Topliss-reactive ketones (excluding diaryl/α,β-unsaturated/α-hetero) is 1. The van der Waals surface area contributed by atoms with E-state index < -0.39 is 11.9 Å². The molecule has 0 saturated carbocycles. The molecule has 4 nitrogen and oxygen atoms in total. The molecule has 0 aromatic heterocycles. The van der Waals surface area contributed by atoms with Crippen LogP contribution in [0.2, 0.25) is 0 Å². The normalized spacial score (nSPS) is 13.2. The van der Waals surface area contributed by atoms with E-state index in [1.54, 1.807) is 0 Å². The van der Waals surface area contributed by atoms with Crippen molar-refractivity contribution >= 4 is 11.8 Å². The molecule has 1 unspecified atom stereocenters. The number of quaternary nitrogens is 1. The quantitative estimate of drug-likeness (QED) is 0.405. The van der Waals surface area contributed by atoms with Gasteiger partial charge in [-0.15, -0.1) is 0 Å². The number of unbranched alkanes of at least 4 members (excludes halogenated alkanes) is 5. The van der Waals surface area contributed by atoms with E-state index >= 15 is 0 Å². The maximum Gasteiger partial charge on any atom is 0.141 e. The number of hydrogen-bond acceptors (Lipinski definition) is 3. The summed E-state index contributed by atoms with van der Waals surface area (Å²) in [6.07, 6.45) is 7.16. The van der Waals surface area contributed by atoms with E-state index in [1.807, 2.05) is 21.1 Å². The smallest absolute Gasteiger partial charge is 0.141 e. The van der Waals surface area contributed by atoms with Gasteiger partial charge in [0.05, 0.1) is 33.6 Å². The third-order valence-electron chi connectivity index (χ3n) is 3.41. The van der Waals surface area contributed by atoms with Crippen LogP contribution in [0.4, 0.5) is 0 Å². The molecule has 0 aliphatic carbocycles. The van der Waals surface area contributed by atoms with Gasteiger partial charge >= 0.3 is 0 Å². The van der Waals surface area contributed by atoms with Crippen molar-refractivity contribution in [2.24, 2.45) is 5.92 Å². The number of carboxylic acids is 1. The number of carbonyl (C=O) groups is 2. The van der Waals surface area contributed by atoms with E-state index in [4.69, 9.17) is 0 Å². The monoisotopic (exact) mass is 285 g/mol. The van der Waals surface area contributed by atoms with Gasteiger partial charge in [-0.1, -0.05) is 39.0 Å². The molecule has 0 saturated heterocycles. The van der Waals surface area contributed by atoms with Gasteiger partial charge in [-0.05, 0) is 6.42 Å². The first-order valence-electron chi connectivity index (χ1n) is 7.79. The SMILES string of the molecule is CCCCCCCCC(=O)C(CC(=O)[O-])C[N+](C)(C)C. The molecule has 4 heteroatoms. The van der Waals surface area contributed by atoms with Crippen LogP contribution in [-0.2, 0) is 9.59 Å². The van der Waals surface area contributed by atoms with E-state index in [2.05, 4.69) is 6.92 Å². The van der Waals surface area contributed by atoms with E-state index in [-0.39, 0.29) is 12.2 Å². The van der Waals surface area contributed by atoms with E-state index in [1.165, 1.54) is 25.7 Å². The Morgan fingerprint density at radius 2 is 1.55 bits per heavy atom. The first-order chi connectivity index (χ1) is 9.26. The zero-order valence-electron chi connectivity index (χ0n) is 13.6. The summed E-state index contributed by atoms with van der Waals surface area (Å²) in [5, 5.41) is 10.8. The molecule has 0 bridgehead atoms. The largest absolute Gasteiger partial charge is 0.550 e. The summed E-state index contributed by atoms with van der Waals surface area (Å²) in [5.74, 6) is -1.45. The number of hydrogen-bond donors (Lipinski definition) is 0. The summed E-state index contributed by atoms with van der Waals surface area (Å²) < 4.78 is 0.597. The molecular weight excluding hydrogens is 254 g/mol. The van der Waals surface area contributed by atoms with Gasteiger partial charge in [0.1, 0.15) is 5.78 Å². The van der Waals surface area contributed by atoms with Crippen LogP contribution in [0.1, 0.15) is 58.3 Å². The summed E-state index contributed by atoms with van der Waals surface area (Å²) in [7, 11) is 5.92. The lowest BCUT2D eigenvalue weighted by molar-refractivity contribution is -0.872. The van der Waals surface area contributed by atoms with E-state index in [0.717, 1.165) is 12.8 Å². The molecular formula is C16H31NO3. The van der Waals surface area contributed by atoms with Crippen molar-refractivity contribution in [2.75, 3.05) is 27.7 Å². The lowest BCUT2D eigenvalue weighted by Crippen LogP contribution is -2.43. The van der Waals surface area contributed by atoms with Gasteiger partial charge in [-0.2, -0.15) is 0 Å². The van der Waals surface area contributed by atoms with Crippen molar-refractivity contribution in [3.63, 3.8) is 0 Å². The maximum absolute atomic E-state index is 12.1. The fourth-order valence-electron chi connectivity index (χ4n) is 2.43. The molecule has 20 heavy (non-hydrogen) atoms. The molecule has 0 fully saturated rings. The van der Waals surface area contributed by atoms with Crippen LogP contribution in [0.15, 0.2) is 0 Å². The number of carbonyl (C=O) groups excluding carboxylic acids is 2. The van der Waals surface area contributed by atoms with Crippen molar-refractivity contribution in [2.45, 2.75) is 58.3 Å². The van der Waals surface area contributed by atoms with Crippen LogP contribution in [0, 0.1) is 5.92 Å². The second-order valence-electron chi connectivity index (χ2n) is 6.73. The predicted octanol–water partition coefficient (Wildman–Crippen LogP) is 1.77.